The number of aryl methyl sites for hydroxylation is 2. The lowest BCUT2D eigenvalue weighted by Gasteiger charge is -2.06. The van der Waals surface area contributed by atoms with E-state index in [-0.39, 0.29) is 11.3 Å². The van der Waals surface area contributed by atoms with Crippen LogP contribution < -0.4 is 10.3 Å². The third-order valence-electron chi connectivity index (χ3n) is 2.89. The molecule has 2 rings (SSSR count). The first-order chi connectivity index (χ1) is 9.52. The Morgan fingerprint density at radius 1 is 1.30 bits per heavy atom. The quantitative estimate of drug-likeness (QED) is 0.870. The number of nitrogens with zero attached hydrogens (tertiary/aromatic N) is 2. The van der Waals surface area contributed by atoms with Crippen LogP contribution in [0.15, 0.2) is 40.2 Å². The molecular formula is C15H16N2O3. The van der Waals surface area contributed by atoms with E-state index in [0.717, 1.165) is 11.3 Å². The molecule has 1 heterocycles. The van der Waals surface area contributed by atoms with E-state index >= 15 is 0 Å². The van der Waals surface area contributed by atoms with Gasteiger partial charge in [0.05, 0.1) is 13.3 Å². The fourth-order valence-corrected chi connectivity index (χ4v) is 1.94. The van der Waals surface area contributed by atoms with Gasteiger partial charge >= 0.3 is 0 Å². The minimum Gasteiger partial charge on any atom is -0.504 e. The Hall–Kier alpha value is -2.56. The smallest absolute Gasteiger partial charge is 0.271 e. The summed E-state index contributed by atoms with van der Waals surface area (Å²) in [5, 5.41) is 14.1. The van der Waals surface area contributed by atoms with Gasteiger partial charge in [0.1, 0.15) is 0 Å². The lowest BCUT2D eigenvalue weighted by Crippen LogP contribution is -2.18. The van der Waals surface area contributed by atoms with Gasteiger partial charge in [-0.05, 0) is 37.6 Å². The molecule has 1 aromatic heterocycles. The summed E-state index contributed by atoms with van der Waals surface area (Å²) in [5.41, 5.74) is 1.90. The molecule has 0 saturated carbocycles. The molecule has 0 spiro atoms. The second-order valence-corrected chi connectivity index (χ2v) is 4.47. The minimum atomic E-state index is -0.207. The molecule has 0 unspecified atom stereocenters. The van der Waals surface area contributed by atoms with E-state index in [0.29, 0.717) is 11.3 Å². The zero-order chi connectivity index (χ0) is 14.7. The van der Waals surface area contributed by atoms with E-state index in [4.69, 9.17) is 4.74 Å². The maximum atomic E-state index is 11.9. The molecule has 20 heavy (non-hydrogen) atoms. The Morgan fingerprint density at radius 3 is 2.70 bits per heavy atom. The predicted octanol–water partition coefficient (Wildman–Crippen LogP) is 2.06. The van der Waals surface area contributed by atoms with E-state index in [2.05, 4.69) is 5.10 Å². The fraction of sp³-hybridized carbons (Fsp3) is 0.200. The minimum absolute atomic E-state index is 0.00318. The highest BCUT2D eigenvalue weighted by Crippen LogP contribution is 2.27. The number of aromatic nitrogens is 1. The number of methoxy groups -OCH3 is 1. The summed E-state index contributed by atoms with van der Waals surface area (Å²) in [4.78, 5) is 11.9. The van der Waals surface area contributed by atoms with Crippen LogP contribution in [-0.2, 0) is 0 Å². The molecule has 0 aliphatic heterocycles. The summed E-state index contributed by atoms with van der Waals surface area (Å²) < 4.78 is 6.30. The third-order valence-corrected chi connectivity index (χ3v) is 2.89. The molecular weight excluding hydrogens is 256 g/mol. The lowest BCUT2D eigenvalue weighted by atomic mass is 10.2. The Labute approximate surface area is 116 Å². The number of aromatic hydroxyl groups is 1. The Morgan fingerprint density at radius 2 is 2.05 bits per heavy atom. The molecule has 0 amide bonds. The van der Waals surface area contributed by atoms with Gasteiger partial charge in [0.15, 0.2) is 11.5 Å². The first-order valence-electron chi connectivity index (χ1n) is 6.13. The molecule has 0 bridgehead atoms. The van der Waals surface area contributed by atoms with Crippen molar-refractivity contribution in [3.05, 3.63) is 57.5 Å². The normalized spacial score (nSPS) is 10.9. The molecule has 1 aromatic carbocycles. The number of pyridine rings is 1. The van der Waals surface area contributed by atoms with E-state index < -0.39 is 0 Å². The highest BCUT2D eigenvalue weighted by Gasteiger charge is 2.05. The molecule has 0 atom stereocenters. The van der Waals surface area contributed by atoms with Gasteiger partial charge in [0.2, 0.25) is 0 Å². The Balaban J connectivity index is 2.43. The summed E-state index contributed by atoms with van der Waals surface area (Å²) in [7, 11) is 1.48. The first-order valence-corrected chi connectivity index (χ1v) is 6.13. The molecule has 5 heteroatoms. The van der Waals surface area contributed by atoms with Crippen LogP contribution in [0, 0.1) is 13.8 Å². The van der Waals surface area contributed by atoms with Crippen molar-refractivity contribution in [3.8, 4) is 11.5 Å². The van der Waals surface area contributed by atoms with Gasteiger partial charge in [0, 0.05) is 17.3 Å². The Kier molecular flexibility index (Phi) is 3.89. The lowest BCUT2D eigenvalue weighted by molar-refractivity contribution is 0.373. The van der Waals surface area contributed by atoms with Crippen LogP contribution in [0.4, 0.5) is 0 Å². The summed E-state index contributed by atoms with van der Waals surface area (Å²) >= 11 is 0. The summed E-state index contributed by atoms with van der Waals surface area (Å²) in [5.74, 6) is 0.360. The zero-order valence-electron chi connectivity index (χ0n) is 11.6. The van der Waals surface area contributed by atoms with Crippen molar-refractivity contribution < 1.29 is 9.84 Å². The van der Waals surface area contributed by atoms with E-state index in [9.17, 15) is 9.90 Å². The second kappa shape index (κ2) is 5.61. The van der Waals surface area contributed by atoms with Gasteiger partial charge in [-0.25, -0.2) is 4.68 Å². The van der Waals surface area contributed by atoms with Crippen LogP contribution in [0.3, 0.4) is 0 Å². The highest BCUT2D eigenvalue weighted by atomic mass is 16.5. The van der Waals surface area contributed by atoms with Gasteiger partial charge in [-0.3, -0.25) is 4.79 Å². The van der Waals surface area contributed by atoms with Crippen molar-refractivity contribution in [3.63, 3.8) is 0 Å². The number of rotatable bonds is 3. The number of phenolic OH excluding ortho intramolecular Hbond substituents is 1. The van der Waals surface area contributed by atoms with Gasteiger partial charge in [0.25, 0.3) is 5.56 Å². The van der Waals surface area contributed by atoms with Gasteiger partial charge in [-0.2, -0.15) is 5.10 Å². The monoisotopic (exact) mass is 272 g/mol. The van der Waals surface area contributed by atoms with Crippen molar-refractivity contribution in [1.82, 2.24) is 4.68 Å². The number of ether oxygens (including phenoxy) is 1. The average Bonchev–Trinajstić information content (AvgIpc) is 2.39. The molecule has 0 radical (unpaired) electrons. The zero-order valence-corrected chi connectivity index (χ0v) is 11.6. The molecule has 2 aromatic rings. The number of para-hydroxylation sites is 1. The van der Waals surface area contributed by atoms with Gasteiger partial charge in [-0.1, -0.05) is 6.07 Å². The SMILES string of the molecule is COc1cccc(/C=N/n2c(C)cc(C)cc2=O)c1O. The number of phenols is 1. The van der Waals surface area contributed by atoms with Gasteiger partial charge < -0.3 is 9.84 Å². The molecule has 0 fully saturated rings. The molecule has 0 aliphatic carbocycles. The van der Waals surface area contributed by atoms with E-state index in [1.807, 2.05) is 13.0 Å². The summed E-state index contributed by atoms with van der Waals surface area (Å²) in [6.45, 7) is 3.66. The molecule has 104 valence electrons. The molecule has 1 N–H and O–H groups in total. The van der Waals surface area contributed by atoms with Crippen molar-refractivity contribution in [1.29, 1.82) is 0 Å². The van der Waals surface area contributed by atoms with E-state index in [1.165, 1.54) is 24.1 Å². The van der Waals surface area contributed by atoms with Crippen LogP contribution in [0.25, 0.3) is 0 Å². The predicted molar refractivity (Wildman–Crippen MR) is 77.8 cm³/mol. The maximum absolute atomic E-state index is 11.9. The van der Waals surface area contributed by atoms with Crippen LogP contribution in [-0.4, -0.2) is 23.1 Å². The summed E-state index contributed by atoms with van der Waals surface area (Å²) in [6, 6.07) is 8.45. The van der Waals surface area contributed by atoms with Crippen molar-refractivity contribution in [2.45, 2.75) is 13.8 Å². The third kappa shape index (κ3) is 2.71. The first kappa shape index (κ1) is 13.9. The van der Waals surface area contributed by atoms with Crippen LogP contribution >= 0.6 is 0 Å². The van der Waals surface area contributed by atoms with Crippen LogP contribution in [0.1, 0.15) is 16.8 Å². The van der Waals surface area contributed by atoms with Crippen molar-refractivity contribution in [2.75, 3.05) is 7.11 Å². The molecule has 0 saturated heterocycles. The second-order valence-electron chi connectivity index (χ2n) is 4.47. The number of benzene rings is 1. The van der Waals surface area contributed by atoms with E-state index in [1.54, 1.807) is 25.1 Å². The fourth-order valence-electron chi connectivity index (χ4n) is 1.94. The Bertz CT molecular complexity index is 718. The largest absolute Gasteiger partial charge is 0.504 e. The highest BCUT2D eigenvalue weighted by molar-refractivity contribution is 5.84. The average molecular weight is 272 g/mol. The maximum Gasteiger partial charge on any atom is 0.271 e. The van der Waals surface area contributed by atoms with Crippen molar-refractivity contribution in [2.24, 2.45) is 5.10 Å². The van der Waals surface area contributed by atoms with Crippen LogP contribution in [0.5, 0.6) is 11.5 Å². The number of hydrogen-bond acceptors (Lipinski definition) is 4. The standard InChI is InChI=1S/C15H16N2O3/c1-10-7-11(2)17(14(18)8-10)16-9-12-5-4-6-13(20-3)15(12)19/h4-9,19H,1-3H3/b16-9+. The summed E-state index contributed by atoms with van der Waals surface area (Å²) in [6.07, 6.45) is 1.43. The molecule has 5 nitrogen and oxygen atoms in total. The van der Waals surface area contributed by atoms with Crippen molar-refractivity contribution >= 4 is 6.21 Å². The number of hydrogen-bond donors (Lipinski definition) is 1. The van der Waals surface area contributed by atoms with Gasteiger partial charge in [-0.15, -0.1) is 0 Å². The van der Waals surface area contributed by atoms with Crippen LogP contribution in [0.2, 0.25) is 0 Å². The molecule has 0 aliphatic rings. The topological polar surface area (TPSA) is 63.8 Å².